The van der Waals surface area contributed by atoms with Crippen LogP contribution in [0.15, 0.2) is 30.3 Å². The molecule has 0 aliphatic carbocycles. The van der Waals surface area contributed by atoms with Crippen LogP contribution in [0.3, 0.4) is 0 Å². The third kappa shape index (κ3) is 12.2. The van der Waals surface area contributed by atoms with Crippen molar-refractivity contribution in [1.29, 1.82) is 0 Å². The molecule has 14 heteroatoms. The van der Waals surface area contributed by atoms with Crippen LogP contribution < -0.4 is 21.7 Å². The molecule has 4 atom stereocenters. The van der Waals surface area contributed by atoms with Crippen LogP contribution in [0.1, 0.15) is 31.2 Å². The molecular formula is C23H32N4O9S. The smallest absolute Gasteiger partial charge is 0.326 e. The SMILES string of the molecule is CSCCC(N)C(=O)NC(CC(=O)O)C(=O)NC(Cc1ccccc1)C(=O)NC(CCC(=O)O)C(=O)O. The monoisotopic (exact) mass is 540 g/mol. The number of hydrogen-bond donors (Lipinski definition) is 7. The second-order valence-corrected chi connectivity index (χ2v) is 9.12. The van der Waals surface area contributed by atoms with E-state index < -0.39 is 79.1 Å². The predicted molar refractivity (Wildman–Crippen MR) is 134 cm³/mol. The summed E-state index contributed by atoms with van der Waals surface area (Å²) in [5, 5.41) is 34.3. The molecule has 0 aliphatic heterocycles. The number of carbonyl (C=O) groups is 6. The Balaban J connectivity index is 3.10. The minimum absolute atomic E-state index is 0.0926. The van der Waals surface area contributed by atoms with Gasteiger partial charge in [-0.1, -0.05) is 30.3 Å². The Morgan fingerprint density at radius 2 is 1.38 bits per heavy atom. The van der Waals surface area contributed by atoms with Crippen molar-refractivity contribution in [2.45, 2.75) is 56.3 Å². The Kier molecular flexibility index (Phi) is 13.7. The van der Waals surface area contributed by atoms with E-state index in [0.29, 0.717) is 17.7 Å². The van der Waals surface area contributed by atoms with Crippen molar-refractivity contribution < 1.29 is 44.1 Å². The summed E-state index contributed by atoms with van der Waals surface area (Å²) in [6.45, 7) is 0. The maximum Gasteiger partial charge on any atom is 0.326 e. The van der Waals surface area contributed by atoms with E-state index in [1.165, 1.54) is 11.8 Å². The summed E-state index contributed by atoms with van der Waals surface area (Å²) in [6.07, 6.45) is 0.318. The van der Waals surface area contributed by atoms with Crippen molar-refractivity contribution in [3.8, 4) is 0 Å². The highest BCUT2D eigenvalue weighted by atomic mass is 32.2. The molecule has 0 fully saturated rings. The van der Waals surface area contributed by atoms with Gasteiger partial charge in [0.15, 0.2) is 0 Å². The van der Waals surface area contributed by atoms with Gasteiger partial charge in [0, 0.05) is 12.8 Å². The van der Waals surface area contributed by atoms with E-state index in [-0.39, 0.29) is 6.42 Å². The molecule has 13 nitrogen and oxygen atoms in total. The van der Waals surface area contributed by atoms with Crippen LogP contribution in [0.5, 0.6) is 0 Å². The first-order valence-corrected chi connectivity index (χ1v) is 12.7. The number of thioether (sulfide) groups is 1. The Morgan fingerprint density at radius 1 is 0.811 bits per heavy atom. The lowest BCUT2D eigenvalue weighted by Crippen LogP contribution is -2.58. The van der Waals surface area contributed by atoms with Gasteiger partial charge in [0.1, 0.15) is 18.1 Å². The first-order valence-electron chi connectivity index (χ1n) is 11.3. The van der Waals surface area contributed by atoms with Gasteiger partial charge in [0.2, 0.25) is 17.7 Å². The fraction of sp³-hybridized carbons (Fsp3) is 0.478. The van der Waals surface area contributed by atoms with Gasteiger partial charge < -0.3 is 37.0 Å². The Bertz CT molecular complexity index is 961. The second kappa shape index (κ2) is 16.2. The number of carboxylic acid groups (broad SMARTS) is 3. The summed E-state index contributed by atoms with van der Waals surface area (Å²) >= 11 is 1.46. The molecule has 0 heterocycles. The van der Waals surface area contributed by atoms with Crippen molar-refractivity contribution in [3.05, 3.63) is 35.9 Å². The van der Waals surface area contributed by atoms with Crippen molar-refractivity contribution in [1.82, 2.24) is 16.0 Å². The Morgan fingerprint density at radius 3 is 1.92 bits per heavy atom. The van der Waals surface area contributed by atoms with Crippen molar-refractivity contribution >= 4 is 47.4 Å². The number of amides is 3. The molecule has 0 bridgehead atoms. The molecule has 1 aromatic carbocycles. The molecule has 37 heavy (non-hydrogen) atoms. The van der Waals surface area contributed by atoms with E-state index in [1.54, 1.807) is 30.3 Å². The highest BCUT2D eigenvalue weighted by molar-refractivity contribution is 7.98. The average Bonchev–Trinajstić information content (AvgIpc) is 2.83. The molecule has 0 aliphatic rings. The molecule has 1 aromatic rings. The van der Waals surface area contributed by atoms with Crippen LogP contribution >= 0.6 is 11.8 Å². The number of nitrogens with two attached hydrogens (primary N) is 1. The van der Waals surface area contributed by atoms with Crippen molar-refractivity contribution in [2.75, 3.05) is 12.0 Å². The summed E-state index contributed by atoms with van der Waals surface area (Å²) in [4.78, 5) is 72.0. The van der Waals surface area contributed by atoms with Gasteiger partial charge in [-0.2, -0.15) is 11.8 Å². The molecule has 0 saturated carbocycles. The van der Waals surface area contributed by atoms with Crippen LogP contribution in [-0.2, 0) is 35.2 Å². The minimum Gasteiger partial charge on any atom is -0.481 e. The van der Waals surface area contributed by atoms with Gasteiger partial charge in [-0.25, -0.2) is 4.79 Å². The van der Waals surface area contributed by atoms with Crippen LogP contribution in [0.25, 0.3) is 0 Å². The molecular weight excluding hydrogens is 508 g/mol. The molecule has 4 unspecified atom stereocenters. The molecule has 1 rings (SSSR count). The number of rotatable bonds is 17. The first-order chi connectivity index (χ1) is 17.4. The lowest BCUT2D eigenvalue weighted by molar-refractivity contribution is -0.144. The maximum absolute atomic E-state index is 13.0. The Hall–Kier alpha value is -3.65. The third-order valence-corrected chi connectivity index (χ3v) is 5.80. The summed E-state index contributed by atoms with van der Waals surface area (Å²) in [7, 11) is 0. The maximum atomic E-state index is 13.0. The lowest BCUT2D eigenvalue weighted by Gasteiger charge is -2.24. The topological polar surface area (TPSA) is 225 Å². The van der Waals surface area contributed by atoms with E-state index in [2.05, 4.69) is 16.0 Å². The van der Waals surface area contributed by atoms with Gasteiger partial charge in [-0.15, -0.1) is 0 Å². The first kappa shape index (κ1) is 31.4. The largest absolute Gasteiger partial charge is 0.481 e. The average molecular weight is 541 g/mol. The van der Waals surface area contributed by atoms with Crippen molar-refractivity contribution in [2.24, 2.45) is 5.73 Å². The number of carbonyl (C=O) groups excluding carboxylic acids is 3. The lowest BCUT2D eigenvalue weighted by atomic mass is 10.0. The summed E-state index contributed by atoms with van der Waals surface area (Å²) in [6, 6.07) is 2.97. The molecule has 204 valence electrons. The highest BCUT2D eigenvalue weighted by Gasteiger charge is 2.31. The van der Waals surface area contributed by atoms with E-state index in [9.17, 15) is 39.0 Å². The van der Waals surface area contributed by atoms with Gasteiger partial charge in [0.25, 0.3) is 0 Å². The van der Waals surface area contributed by atoms with Crippen molar-refractivity contribution in [3.63, 3.8) is 0 Å². The van der Waals surface area contributed by atoms with Gasteiger partial charge >= 0.3 is 17.9 Å². The number of hydrogen-bond acceptors (Lipinski definition) is 8. The molecule has 3 amide bonds. The third-order valence-electron chi connectivity index (χ3n) is 5.16. The highest BCUT2D eigenvalue weighted by Crippen LogP contribution is 2.07. The van der Waals surface area contributed by atoms with Gasteiger partial charge in [-0.05, 0) is 30.4 Å². The fourth-order valence-corrected chi connectivity index (χ4v) is 3.66. The Labute approximate surface area is 217 Å². The quantitative estimate of drug-likeness (QED) is 0.129. The number of nitrogens with one attached hydrogen (secondary N) is 3. The summed E-state index contributed by atoms with van der Waals surface area (Å²) in [5.41, 5.74) is 6.40. The molecule has 0 radical (unpaired) electrons. The molecule has 0 aromatic heterocycles. The number of benzene rings is 1. The van der Waals surface area contributed by atoms with E-state index in [0.717, 1.165) is 0 Å². The minimum atomic E-state index is -1.56. The predicted octanol–water partition coefficient (Wildman–Crippen LogP) is -0.812. The van der Waals surface area contributed by atoms with E-state index in [4.69, 9.17) is 10.8 Å². The zero-order valence-corrected chi connectivity index (χ0v) is 21.0. The summed E-state index contributed by atoms with van der Waals surface area (Å²) < 4.78 is 0. The second-order valence-electron chi connectivity index (χ2n) is 8.13. The molecule has 0 saturated heterocycles. The molecule has 8 N–H and O–H groups in total. The van der Waals surface area contributed by atoms with Gasteiger partial charge in [0.05, 0.1) is 12.5 Å². The fourth-order valence-electron chi connectivity index (χ4n) is 3.17. The van der Waals surface area contributed by atoms with Crippen LogP contribution in [0, 0.1) is 0 Å². The zero-order valence-electron chi connectivity index (χ0n) is 20.2. The van der Waals surface area contributed by atoms with Gasteiger partial charge in [-0.3, -0.25) is 24.0 Å². The molecule has 0 spiro atoms. The summed E-state index contributed by atoms with van der Waals surface area (Å²) in [5.74, 6) is -6.18. The standard InChI is InChI=1S/C23H32N4O9S/c1-37-10-9-14(24)20(32)26-17(12-19(30)31)22(34)27-16(11-13-5-3-2-4-6-13)21(33)25-15(23(35)36)7-8-18(28)29/h2-6,14-17H,7-12,24H2,1H3,(H,25,33)(H,26,32)(H,27,34)(H,28,29)(H,30,31)(H,35,36). The van der Waals surface area contributed by atoms with E-state index >= 15 is 0 Å². The van der Waals surface area contributed by atoms with Crippen LogP contribution in [0.2, 0.25) is 0 Å². The van der Waals surface area contributed by atoms with Crippen LogP contribution in [-0.4, -0.2) is 87.1 Å². The normalized spacial score (nSPS) is 13.9. The van der Waals surface area contributed by atoms with E-state index in [1.807, 2.05) is 6.26 Å². The number of aliphatic carboxylic acids is 3. The van der Waals surface area contributed by atoms with Crippen LogP contribution in [0.4, 0.5) is 0 Å². The number of carboxylic acids is 3. The zero-order chi connectivity index (χ0) is 28.0.